The normalized spacial score (nSPS) is 12.5. The van der Waals surface area contributed by atoms with Gasteiger partial charge >= 0.3 is 5.97 Å². The molecule has 0 aliphatic rings. The highest BCUT2D eigenvalue weighted by atomic mass is 79.9. The van der Waals surface area contributed by atoms with Gasteiger partial charge in [-0.15, -0.1) is 11.3 Å². The molecule has 0 fully saturated rings. The molecule has 0 aromatic carbocycles. The minimum atomic E-state index is -0.156. The third kappa shape index (κ3) is 2.81. The van der Waals surface area contributed by atoms with E-state index in [2.05, 4.69) is 15.9 Å². The molecule has 0 bridgehead atoms. The molecule has 1 unspecified atom stereocenters. The Labute approximate surface area is 90.0 Å². The Morgan fingerprint density at radius 1 is 1.69 bits per heavy atom. The molecule has 0 N–H and O–H groups in total. The van der Waals surface area contributed by atoms with Crippen LogP contribution in [0.25, 0.3) is 0 Å². The second-order valence-corrected chi connectivity index (χ2v) is 5.11. The minimum Gasteiger partial charge on any atom is -0.466 e. The summed E-state index contributed by atoms with van der Waals surface area (Å²) in [7, 11) is 0. The van der Waals surface area contributed by atoms with Crippen LogP contribution in [0.5, 0.6) is 0 Å². The van der Waals surface area contributed by atoms with E-state index in [-0.39, 0.29) is 11.9 Å². The summed E-state index contributed by atoms with van der Waals surface area (Å²) in [5.74, 6) is -0.312. The highest BCUT2D eigenvalue weighted by molar-refractivity contribution is 9.11. The van der Waals surface area contributed by atoms with Crippen LogP contribution >= 0.6 is 27.3 Å². The molecule has 0 amide bonds. The van der Waals surface area contributed by atoms with Crippen LogP contribution in [0.3, 0.4) is 0 Å². The quantitative estimate of drug-likeness (QED) is 0.783. The van der Waals surface area contributed by atoms with Crippen molar-refractivity contribution in [3.05, 3.63) is 20.8 Å². The van der Waals surface area contributed by atoms with E-state index in [0.717, 1.165) is 8.66 Å². The van der Waals surface area contributed by atoms with E-state index in [0.29, 0.717) is 6.61 Å². The van der Waals surface area contributed by atoms with Gasteiger partial charge in [0.15, 0.2) is 0 Å². The molecule has 72 valence electrons. The van der Waals surface area contributed by atoms with Gasteiger partial charge < -0.3 is 4.74 Å². The Bertz CT molecular complexity index is 296. The van der Waals surface area contributed by atoms with Gasteiger partial charge in [-0.3, -0.25) is 4.79 Å². The Morgan fingerprint density at radius 3 is 2.85 bits per heavy atom. The molecule has 1 heterocycles. The summed E-state index contributed by atoms with van der Waals surface area (Å²) in [6.07, 6.45) is 0. The second-order valence-electron chi connectivity index (χ2n) is 2.62. The molecular weight excluding hydrogens is 252 g/mol. The number of hydrogen-bond donors (Lipinski definition) is 0. The van der Waals surface area contributed by atoms with Crippen molar-refractivity contribution in [2.75, 3.05) is 6.61 Å². The fourth-order valence-corrected chi connectivity index (χ4v) is 2.41. The van der Waals surface area contributed by atoms with Crippen LogP contribution in [0.15, 0.2) is 15.9 Å². The Balaban J connectivity index is 2.67. The maximum absolute atomic E-state index is 11.3. The molecule has 0 spiro atoms. The van der Waals surface area contributed by atoms with Crippen molar-refractivity contribution in [2.45, 2.75) is 19.8 Å². The largest absolute Gasteiger partial charge is 0.466 e. The second kappa shape index (κ2) is 4.77. The van der Waals surface area contributed by atoms with Gasteiger partial charge in [-0.05, 0) is 41.9 Å². The number of carbonyl (C=O) groups excluding carboxylic acids is 1. The van der Waals surface area contributed by atoms with Crippen LogP contribution in [0, 0.1) is 0 Å². The van der Waals surface area contributed by atoms with Gasteiger partial charge in [0, 0.05) is 4.88 Å². The number of hydrogen-bond acceptors (Lipinski definition) is 3. The average Bonchev–Trinajstić information content (AvgIpc) is 2.51. The number of ether oxygens (including phenoxy) is 1. The summed E-state index contributed by atoms with van der Waals surface area (Å²) in [6.45, 7) is 4.11. The standard InChI is InChI=1S/C9H11BrO2S/c1-3-12-9(11)6(2)7-4-5-8(10)13-7/h4-6H,3H2,1-2H3. The van der Waals surface area contributed by atoms with E-state index in [1.165, 1.54) is 0 Å². The Hall–Kier alpha value is -0.350. The monoisotopic (exact) mass is 262 g/mol. The molecule has 4 heteroatoms. The SMILES string of the molecule is CCOC(=O)C(C)c1ccc(Br)s1. The summed E-state index contributed by atoms with van der Waals surface area (Å²) >= 11 is 4.92. The van der Waals surface area contributed by atoms with E-state index in [1.54, 1.807) is 11.3 Å². The summed E-state index contributed by atoms with van der Waals surface area (Å²) < 4.78 is 5.96. The van der Waals surface area contributed by atoms with E-state index in [4.69, 9.17) is 4.74 Å². The van der Waals surface area contributed by atoms with Gasteiger partial charge in [0.2, 0.25) is 0 Å². The number of rotatable bonds is 3. The maximum atomic E-state index is 11.3. The summed E-state index contributed by atoms with van der Waals surface area (Å²) in [5, 5.41) is 0. The fraction of sp³-hybridized carbons (Fsp3) is 0.444. The van der Waals surface area contributed by atoms with Crippen molar-refractivity contribution < 1.29 is 9.53 Å². The lowest BCUT2D eigenvalue weighted by molar-refractivity contribution is -0.144. The molecular formula is C9H11BrO2S. The van der Waals surface area contributed by atoms with Gasteiger partial charge in [0.25, 0.3) is 0 Å². The zero-order chi connectivity index (χ0) is 9.84. The van der Waals surface area contributed by atoms with Crippen LogP contribution < -0.4 is 0 Å². The zero-order valence-corrected chi connectivity index (χ0v) is 9.94. The molecule has 0 radical (unpaired) electrons. The third-order valence-corrected chi connectivity index (χ3v) is 3.47. The first-order valence-corrected chi connectivity index (χ1v) is 5.68. The molecule has 13 heavy (non-hydrogen) atoms. The van der Waals surface area contributed by atoms with Crippen molar-refractivity contribution in [1.29, 1.82) is 0 Å². The molecule has 0 saturated heterocycles. The lowest BCUT2D eigenvalue weighted by Gasteiger charge is -2.07. The molecule has 1 aromatic rings. The predicted molar refractivity (Wildman–Crippen MR) is 57.1 cm³/mol. The molecule has 1 rings (SSSR count). The number of halogens is 1. The van der Waals surface area contributed by atoms with Gasteiger partial charge in [0.1, 0.15) is 0 Å². The lowest BCUT2D eigenvalue weighted by Crippen LogP contribution is -2.11. The van der Waals surface area contributed by atoms with Crippen molar-refractivity contribution >= 4 is 33.2 Å². The zero-order valence-electron chi connectivity index (χ0n) is 7.54. The highest BCUT2D eigenvalue weighted by Gasteiger charge is 2.17. The van der Waals surface area contributed by atoms with E-state index >= 15 is 0 Å². The van der Waals surface area contributed by atoms with Crippen LogP contribution in [0.2, 0.25) is 0 Å². The maximum Gasteiger partial charge on any atom is 0.313 e. The lowest BCUT2D eigenvalue weighted by atomic mass is 10.1. The molecule has 2 nitrogen and oxygen atoms in total. The Morgan fingerprint density at radius 2 is 2.38 bits per heavy atom. The fourth-order valence-electron chi connectivity index (χ4n) is 0.944. The molecule has 0 saturated carbocycles. The number of esters is 1. The predicted octanol–water partition coefficient (Wildman–Crippen LogP) is 3.18. The summed E-state index contributed by atoms with van der Waals surface area (Å²) in [4.78, 5) is 12.4. The third-order valence-electron chi connectivity index (χ3n) is 1.66. The molecule has 1 atom stereocenters. The summed E-state index contributed by atoms with van der Waals surface area (Å²) in [5.41, 5.74) is 0. The average molecular weight is 263 g/mol. The topological polar surface area (TPSA) is 26.3 Å². The van der Waals surface area contributed by atoms with Gasteiger partial charge in [-0.2, -0.15) is 0 Å². The van der Waals surface area contributed by atoms with Crippen LogP contribution in [0.4, 0.5) is 0 Å². The summed E-state index contributed by atoms with van der Waals surface area (Å²) in [6, 6.07) is 3.88. The van der Waals surface area contributed by atoms with Crippen LogP contribution in [-0.2, 0) is 9.53 Å². The van der Waals surface area contributed by atoms with Gasteiger partial charge in [0.05, 0.1) is 16.3 Å². The van der Waals surface area contributed by atoms with Crippen molar-refractivity contribution in [3.63, 3.8) is 0 Å². The van der Waals surface area contributed by atoms with Crippen molar-refractivity contribution in [1.82, 2.24) is 0 Å². The van der Waals surface area contributed by atoms with Crippen molar-refractivity contribution in [2.24, 2.45) is 0 Å². The Kier molecular flexibility index (Phi) is 3.93. The minimum absolute atomic E-state index is 0.156. The van der Waals surface area contributed by atoms with Crippen molar-refractivity contribution in [3.8, 4) is 0 Å². The first-order valence-electron chi connectivity index (χ1n) is 4.07. The van der Waals surface area contributed by atoms with E-state index < -0.39 is 0 Å². The highest BCUT2D eigenvalue weighted by Crippen LogP contribution is 2.28. The van der Waals surface area contributed by atoms with E-state index in [1.807, 2.05) is 26.0 Å². The van der Waals surface area contributed by atoms with E-state index in [9.17, 15) is 4.79 Å². The smallest absolute Gasteiger partial charge is 0.313 e. The molecule has 0 aliphatic heterocycles. The van der Waals surface area contributed by atoms with Gasteiger partial charge in [-0.25, -0.2) is 0 Å². The van der Waals surface area contributed by atoms with Crippen LogP contribution in [-0.4, -0.2) is 12.6 Å². The van der Waals surface area contributed by atoms with Gasteiger partial charge in [-0.1, -0.05) is 0 Å². The first kappa shape index (κ1) is 10.7. The number of carbonyl (C=O) groups is 1. The molecule has 1 aromatic heterocycles. The van der Waals surface area contributed by atoms with Crippen LogP contribution in [0.1, 0.15) is 24.6 Å². The first-order chi connectivity index (χ1) is 6.15. The number of thiophene rings is 1. The molecule has 0 aliphatic carbocycles.